The quantitative estimate of drug-likeness (QED) is 0.740. The zero-order valence-corrected chi connectivity index (χ0v) is 11.4. The molecule has 0 heterocycles. The molecule has 1 aromatic carbocycles. The first-order chi connectivity index (χ1) is 8.98. The fourth-order valence-corrected chi connectivity index (χ4v) is 3.44. The summed E-state index contributed by atoms with van der Waals surface area (Å²) >= 11 is 1.49. The molecule has 0 unspecified atom stereocenters. The summed E-state index contributed by atoms with van der Waals surface area (Å²) in [6, 6.07) is 6.92. The molecule has 104 valence electrons. The Labute approximate surface area is 116 Å². The van der Waals surface area contributed by atoms with Crippen LogP contribution in [0.2, 0.25) is 0 Å². The van der Waals surface area contributed by atoms with E-state index in [1.807, 2.05) is 6.07 Å². The van der Waals surface area contributed by atoms with Crippen molar-refractivity contribution >= 4 is 17.7 Å². The molecule has 0 bridgehead atoms. The van der Waals surface area contributed by atoms with Crippen LogP contribution in [0.1, 0.15) is 25.7 Å². The van der Waals surface area contributed by atoms with Gasteiger partial charge in [-0.05, 0) is 43.9 Å². The number of hydrogen-bond acceptors (Lipinski definition) is 4. The third kappa shape index (κ3) is 3.88. The molecule has 0 atom stereocenters. The minimum Gasteiger partial charge on any atom is -0.508 e. The van der Waals surface area contributed by atoms with E-state index in [0.717, 1.165) is 4.90 Å². The van der Waals surface area contributed by atoms with E-state index in [4.69, 9.17) is 5.11 Å². The van der Waals surface area contributed by atoms with Gasteiger partial charge < -0.3 is 15.3 Å². The standard InChI is InChI=1S/C14H18O4S/c15-11-2-1-3-12(8-11)19-9-14(18)6-4-10(5-7-14)13(16)17/h1-3,8,10,15,18H,4-7,9H2,(H,16,17). The number of phenolic OH excluding ortho intramolecular Hbond substituents is 1. The van der Waals surface area contributed by atoms with Crippen molar-refractivity contribution in [3.63, 3.8) is 0 Å². The summed E-state index contributed by atoms with van der Waals surface area (Å²) in [6.07, 6.45) is 2.12. The van der Waals surface area contributed by atoms with Crippen LogP contribution in [0.5, 0.6) is 5.75 Å². The lowest BCUT2D eigenvalue weighted by atomic mass is 9.80. The van der Waals surface area contributed by atoms with Crippen molar-refractivity contribution in [2.45, 2.75) is 36.2 Å². The van der Waals surface area contributed by atoms with Gasteiger partial charge in [0.1, 0.15) is 5.75 Å². The maximum atomic E-state index is 10.9. The molecule has 2 rings (SSSR count). The number of benzene rings is 1. The lowest BCUT2D eigenvalue weighted by molar-refractivity contribution is -0.144. The molecule has 0 amide bonds. The van der Waals surface area contributed by atoms with Crippen LogP contribution >= 0.6 is 11.8 Å². The van der Waals surface area contributed by atoms with Gasteiger partial charge in [0.2, 0.25) is 0 Å². The molecule has 1 saturated carbocycles. The van der Waals surface area contributed by atoms with Crippen molar-refractivity contribution in [1.29, 1.82) is 0 Å². The highest BCUT2D eigenvalue weighted by atomic mass is 32.2. The molecule has 1 aromatic rings. The van der Waals surface area contributed by atoms with Gasteiger partial charge in [-0.3, -0.25) is 4.79 Å². The van der Waals surface area contributed by atoms with Crippen molar-refractivity contribution in [2.75, 3.05) is 5.75 Å². The van der Waals surface area contributed by atoms with Gasteiger partial charge in [-0.15, -0.1) is 11.8 Å². The molecule has 1 aliphatic rings. The summed E-state index contributed by atoms with van der Waals surface area (Å²) in [4.78, 5) is 11.8. The van der Waals surface area contributed by atoms with Crippen molar-refractivity contribution in [3.05, 3.63) is 24.3 Å². The molecule has 19 heavy (non-hydrogen) atoms. The fourth-order valence-electron chi connectivity index (χ4n) is 2.34. The number of aliphatic carboxylic acids is 1. The second-order valence-electron chi connectivity index (χ2n) is 5.12. The van der Waals surface area contributed by atoms with Crippen LogP contribution in [0.3, 0.4) is 0 Å². The molecule has 1 aliphatic carbocycles. The number of aromatic hydroxyl groups is 1. The predicted octanol–water partition coefficient (Wildman–Crippen LogP) is 2.49. The molecule has 0 aliphatic heterocycles. The number of rotatable bonds is 4. The average molecular weight is 282 g/mol. The van der Waals surface area contributed by atoms with Gasteiger partial charge in [-0.1, -0.05) is 6.07 Å². The molecule has 5 heteroatoms. The third-order valence-electron chi connectivity index (χ3n) is 3.59. The number of hydrogen-bond donors (Lipinski definition) is 3. The van der Waals surface area contributed by atoms with E-state index in [1.54, 1.807) is 18.2 Å². The van der Waals surface area contributed by atoms with Gasteiger partial charge in [-0.2, -0.15) is 0 Å². The Morgan fingerprint density at radius 3 is 2.63 bits per heavy atom. The first kappa shape index (κ1) is 14.2. The van der Waals surface area contributed by atoms with E-state index in [2.05, 4.69) is 0 Å². The summed E-state index contributed by atoms with van der Waals surface area (Å²) in [6.45, 7) is 0. The second kappa shape index (κ2) is 5.84. The molecule has 4 nitrogen and oxygen atoms in total. The van der Waals surface area contributed by atoms with Crippen molar-refractivity contribution in [2.24, 2.45) is 5.92 Å². The van der Waals surface area contributed by atoms with Gasteiger partial charge in [-0.25, -0.2) is 0 Å². The monoisotopic (exact) mass is 282 g/mol. The summed E-state index contributed by atoms with van der Waals surface area (Å²) in [7, 11) is 0. The predicted molar refractivity (Wildman–Crippen MR) is 73.4 cm³/mol. The Kier molecular flexibility index (Phi) is 4.37. The highest BCUT2D eigenvalue weighted by Gasteiger charge is 2.35. The Morgan fingerprint density at radius 1 is 1.37 bits per heavy atom. The van der Waals surface area contributed by atoms with Gasteiger partial charge >= 0.3 is 5.97 Å². The first-order valence-corrected chi connectivity index (χ1v) is 7.34. The van der Waals surface area contributed by atoms with E-state index >= 15 is 0 Å². The van der Waals surface area contributed by atoms with E-state index in [-0.39, 0.29) is 11.7 Å². The molecule has 0 aromatic heterocycles. The molecule has 0 spiro atoms. The summed E-state index contributed by atoms with van der Waals surface area (Å²) in [5.41, 5.74) is -0.790. The van der Waals surface area contributed by atoms with E-state index in [0.29, 0.717) is 31.4 Å². The van der Waals surface area contributed by atoms with Crippen LogP contribution < -0.4 is 0 Å². The minimum absolute atomic E-state index is 0.214. The maximum Gasteiger partial charge on any atom is 0.306 e. The number of carbonyl (C=O) groups is 1. The lowest BCUT2D eigenvalue weighted by Crippen LogP contribution is -2.38. The smallest absolute Gasteiger partial charge is 0.306 e. The van der Waals surface area contributed by atoms with Crippen LogP contribution in [-0.2, 0) is 4.79 Å². The van der Waals surface area contributed by atoms with Crippen molar-refractivity contribution in [1.82, 2.24) is 0 Å². The van der Waals surface area contributed by atoms with Crippen molar-refractivity contribution in [3.8, 4) is 5.75 Å². The zero-order valence-electron chi connectivity index (χ0n) is 10.6. The summed E-state index contributed by atoms with van der Waals surface area (Å²) in [5, 5.41) is 28.7. The first-order valence-electron chi connectivity index (χ1n) is 6.35. The largest absolute Gasteiger partial charge is 0.508 e. The molecule has 0 radical (unpaired) electrons. The molecule has 0 saturated heterocycles. The van der Waals surface area contributed by atoms with E-state index in [9.17, 15) is 15.0 Å². The van der Waals surface area contributed by atoms with Crippen LogP contribution in [0.25, 0.3) is 0 Å². The second-order valence-corrected chi connectivity index (χ2v) is 6.17. The summed E-state index contributed by atoms with van der Waals surface area (Å²) < 4.78 is 0. The van der Waals surface area contributed by atoms with Crippen LogP contribution in [-0.4, -0.2) is 32.6 Å². The van der Waals surface area contributed by atoms with E-state index < -0.39 is 11.6 Å². The normalized spacial score (nSPS) is 27.1. The van der Waals surface area contributed by atoms with Gasteiger partial charge in [0.15, 0.2) is 0 Å². The number of phenols is 1. The maximum absolute atomic E-state index is 10.9. The topological polar surface area (TPSA) is 77.8 Å². The highest BCUT2D eigenvalue weighted by Crippen LogP contribution is 2.36. The highest BCUT2D eigenvalue weighted by molar-refractivity contribution is 7.99. The Morgan fingerprint density at radius 2 is 2.05 bits per heavy atom. The summed E-state index contributed by atoms with van der Waals surface area (Å²) in [5.74, 6) is -0.330. The van der Waals surface area contributed by atoms with Gasteiger partial charge in [0.25, 0.3) is 0 Å². The zero-order chi connectivity index (χ0) is 13.9. The average Bonchev–Trinajstić information content (AvgIpc) is 2.37. The number of aliphatic hydroxyl groups is 1. The fraction of sp³-hybridized carbons (Fsp3) is 0.500. The number of carboxylic acid groups (broad SMARTS) is 1. The Balaban J connectivity index is 1.88. The number of carboxylic acids is 1. The third-order valence-corrected chi connectivity index (χ3v) is 4.86. The lowest BCUT2D eigenvalue weighted by Gasteiger charge is -2.34. The Bertz CT molecular complexity index is 453. The Hall–Kier alpha value is -1.20. The van der Waals surface area contributed by atoms with Crippen LogP contribution in [0, 0.1) is 5.92 Å². The molecular weight excluding hydrogens is 264 g/mol. The van der Waals surface area contributed by atoms with Crippen LogP contribution in [0.15, 0.2) is 29.2 Å². The minimum atomic E-state index is -0.790. The van der Waals surface area contributed by atoms with Gasteiger partial charge in [0, 0.05) is 10.6 Å². The van der Waals surface area contributed by atoms with Crippen molar-refractivity contribution < 1.29 is 20.1 Å². The molecule has 1 fully saturated rings. The molecule has 3 N–H and O–H groups in total. The SMILES string of the molecule is O=C(O)C1CCC(O)(CSc2cccc(O)c2)CC1. The van der Waals surface area contributed by atoms with E-state index in [1.165, 1.54) is 11.8 Å². The molecular formula is C14H18O4S. The number of thioether (sulfide) groups is 1. The van der Waals surface area contributed by atoms with Crippen LogP contribution in [0.4, 0.5) is 0 Å². The van der Waals surface area contributed by atoms with Gasteiger partial charge in [0.05, 0.1) is 11.5 Å².